The molecule has 0 fully saturated rings. The monoisotopic (exact) mass is 225 g/mol. The van der Waals surface area contributed by atoms with Crippen molar-refractivity contribution in [2.24, 2.45) is 0 Å². The molecule has 1 unspecified atom stereocenters. The smallest absolute Gasteiger partial charge is 0.263 e. The second-order valence-corrected chi connectivity index (χ2v) is 3.41. The summed E-state index contributed by atoms with van der Waals surface area (Å²) < 4.78 is 0.909. The first-order valence-electron chi connectivity index (χ1n) is 4.14. The van der Waals surface area contributed by atoms with Crippen LogP contribution in [0.25, 0.3) is 0 Å². The minimum atomic E-state index is -1.41. The number of allylic oxidation sites excluding steroid dienone is 2. The lowest BCUT2D eigenvalue weighted by Gasteiger charge is -2.17. The first kappa shape index (κ1) is 9.84. The number of nitro groups is 1. The van der Waals surface area contributed by atoms with Gasteiger partial charge in [0.15, 0.2) is 0 Å². The Morgan fingerprint density at radius 1 is 1.60 bits per heavy atom. The minimum absolute atomic E-state index is 0.0445. The fourth-order valence-corrected chi connectivity index (χ4v) is 1.50. The molecular weight excluding hydrogens is 218 g/mol. The molecule has 2 rings (SSSR count). The summed E-state index contributed by atoms with van der Waals surface area (Å²) in [5, 5.41) is 21.9. The third-order valence-corrected chi connectivity index (χ3v) is 2.33. The lowest BCUT2D eigenvalue weighted by atomic mass is 9.91. The van der Waals surface area contributed by atoms with Crippen molar-refractivity contribution in [1.82, 2.24) is 19.6 Å². The maximum Gasteiger partial charge on any atom is 0.306 e. The van der Waals surface area contributed by atoms with E-state index in [1.54, 1.807) is 18.2 Å². The van der Waals surface area contributed by atoms with E-state index in [1.807, 2.05) is 0 Å². The van der Waals surface area contributed by atoms with Gasteiger partial charge in [-0.05, 0) is 18.0 Å². The fourth-order valence-electron chi connectivity index (χ4n) is 1.37. The van der Waals surface area contributed by atoms with Gasteiger partial charge in [0.25, 0.3) is 5.82 Å². The average Bonchev–Trinajstić information content (AvgIpc) is 2.66. The molecule has 0 radical (unpaired) electrons. The zero-order valence-corrected chi connectivity index (χ0v) is 8.41. The molecular formula is C7H7N5O2S. The van der Waals surface area contributed by atoms with Crippen LogP contribution in [0.15, 0.2) is 24.3 Å². The first-order chi connectivity index (χ1) is 7.15. The number of aromatic nitrogens is 4. The Kier molecular flexibility index (Phi) is 2.27. The molecule has 1 aliphatic carbocycles. The fraction of sp³-hybridized carbons (Fsp3) is 0.286. The Bertz CT molecular complexity index is 454. The summed E-state index contributed by atoms with van der Waals surface area (Å²) in [5.74, 6) is 0.0445. The summed E-state index contributed by atoms with van der Waals surface area (Å²) in [6, 6.07) is 0. The van der Waals surface area contributed by atoms with Gasteiger partial charge in [0.05, 0.1) is 0 Å². The SMILES string of the molecule is O=[N+]([O-])C1(c2nnn(S)n2)C=CC=CC1. The molecule has 1 aromatic heterocycles. The highest BCUT2D eigenvalue weighted by Crippen LogP contribution is 2.30. The van der Waals surface area contributed by atoms with Crippen LogP contribution >= 0.6 is 12.8 Å². The van der Waals surface area contributed by atoms with Crippen molar-refractivity contribution < 1.29 is 4.92 Å². The molecule has 0 saturated carbocycles. The Morgan fingerprint density at radius 2 is 2.40 bits per heavy atom. The molecule has 0 amide bonds. The summed E-state index contributed by atoms with van der Waals surface area (Å²) in [5.41, 5.74) is -1.41. The van der Waals surface area contributed by atoms with Gasteiger partial charge in [0.2, 0.25) is 0 Å². The van der Waals surface area contributed by atoms with Crippen LogP contribution in [0.1, 0.15) is 12.2 Å². The standard InChI is InChI=1S/C7H7N5O2S/c13-11(14)7(4-2-1-3-5-7)6-8-10-12(15)9-6/h1-4,15H,5H2. The van der Waals surface area contributed by atoms with Gasteiger partial charge in [0.1, 0.15) is 0 Å². The third-order valence-electron chi connectivity index (χ3n) is 2.16. The zero-order valence-electron chi connectivity index (χ0n) is 7.52. The van der Waals surface area contributed by atoms with Crippen molar-refractivity contribution in [2.75, 3.05) is 0 Å². The van der Waals surface area contributed by atoms with Gasteiger partial charge >= 0.3 is 5.54 Å². The molecule has 0 bridgehead atoms. The molecule has 7 nitrogen and oxygen atoms in total. The molecule has 0 aliphatic heterocycles. The van der Waals surface area contributed by atoms with Crippen molar-refractivity contribution in [1.29, 1.82) is 0 Å². The highest BCUT2D eigenvalue weighted by Gasteiger charge is 2.46. The molecule has 8 heteroatoms. The number of hydrogen-bond acceptors (Lipinski definition) is 6. The molecule has 0 N–H and O–H groups in total. The Balaban J connectivity index is 2.48. The van der Waals surface area contributed by atoms with Gasteiger partial charge in [-0.2, -0.15) is 0 Å². The van der Waals surface area contributed by atoms with Crippen LogP contribution in [0.2, 0.25) is 0 Å². The number of thiol groups is 1. The summed E-state index contributed by atoms with van der Waals surface area (Å²) in [7, 11) is 0. The van der Waals surface area contributed by atoms with E-state index in [0.717, 1.165) is 4.20 Å². The number of hydrogen-bond donors (Lipinski definition) is 1. The van der Waals surface area contributed by atoms with E-state index >= 15 is 0 Å². The second kappa shape index (κ2) is 3.46. The quantitative estimate of drug-likeness (QED) is 0.446. The third kappa shape index (κ3) is 1.52. The van der Waals surface area contributed by atoms with Crippen LogP contribution in [0.5, 0.6) is 0 Å². The minimum Gasteiger partial charge on any atom is -0.263 e. The molecule has 0 saturated heterocycles. The van der Waals surface area contributed by atoms with Crippen molar-refractivity contribution in [3.63, 3.8) is 0 Å². The van der Waals surface area contributed by atoms with Crippen LogP contribution in [0.4, 0.5) is 0 Å². The number of tetrazole rings is 1. The van der Waals surface area contributed by atoms with Gasteiger partial charge in [-0.1, -0.05) is 18.2 Å². The largest absolute Gasteiger partial charge is 0.306 e. The molecule has 1 aromatic rings. The predicted molar refractivity (Wildman–Crippen MR) is 53.8 cm³/mol. The highest BCUT2D eigenvalue weighted by molar-refractivity contribution is 7.78. The topological polar surface area (TPSA) is 86.7 Å². The Morgan fingerprint density at radius 3 is 2.87 bits per heavy atom. The van der Waals surface area contributed by atoms with E-state index < -0.39 is 10.5 Å². The molecule has 0 aromatic carbocycles. The normalized spacial score (nSPS) is 24.3. The van der Waals surface area contributed by atoms with Gasteiger partial charge in [-0.15, -0.1) is 14.4 Å². The highest BCUT2D eigenvalue weighted by atomic mass is 32.1. The van der Waals surface area contributed by atoms with Crippen LogP contribution in [0.3, 0.4) is 0 Å². The summed E-state index contributed by atoms with van der Waals surface area (Å²) >= 11 is 3.80. The summed E-state index contributed by atoms with van der Waals surface area (Å²) in [4.78, 5) is 10.6. The van der Waals surface area contributed by atoms with Crippen molar-refractivity contribution in [3.05, 3.63) is 40.2 Å². The van der Waals surface area contributed by atoms with Gasteiger partial charge in [0, 0.05) is 17.4 Å². The molecule has 0 spiro atoms. The van der Waals surface area contributed by atoms with E-state index in [4.69, 9.17) is 0 Å². The maximum absolute atomic E-state index is 11.1. The van der Waals surface area contributed by atoms with E-state index in [2.05, 4.69) is 28.2 Å². The van der Waals surface area contributed by atoms with Crippen LogP contribution in [-0.4, -0.2) is 24.5 Å². The molecule has 1 heterocycles. The zero-order chi connectivity index (χ0) is 10.9. The summed E-state index contributed by atoms with van der Waals surface area (Å²) in [6.45, 7) is 0. The van der Waals surface area contributed by atoms with E-state index in [0.29, 0.717) is 0 Å². The van der Waals surface area contributed by atoms with Crippen LogP contribution in [-0.2, 0) is 5.54 Å². The van der Waals surface area contributed by atoms with Crippen LogP contribution < -0.4 is 0 Å². The lowest BCUT2D eigenvalue weighted by Crippen LogP contribution is -2.35. The Labute approximate surface area is 90.2 Å². The van der Waals surface area contributed by atoms with E-state index in [9.17, 15) is 10.1 Å². The second-order valence-electron chi connectivity index (χ2n) is 3.05. The molecule has 1 atom stereocenters. The molecule has 78 valence electrons. The van der Waals surface area contributed by atoms with Crippen molar-refractivity contribution in [2.45, 2.75) is 12.0 Å². The molecule has 15 heavy (non-hydrogen) atoms. The van der Waals surface area contributed by atoms with Gasteiger partial charge in [-0.3, -0.25) is 10.1 Å². The number of nitrogens with zero attached hydrogens (tertiary/aromatic N) is 5. The van der Waals surface area contributed by atoms with Gasteiger partial charge in [-0.25, -0.2) is 0 Å². The van der Waals surface area contributed by atoms with E-state index in [1.165, 1.54) is 6.08 Å². The summed E-state index contributed by atoms with van der Waals surface area (Å²) in [6.07, 6.45) is 6.72. The number of rotatable bonds is 2. The lowest BCUT2D eigenvalue weighted by molar-refractivity contribution is -0.565. The predicted octanol–water partition coefficient (Wildman–Crippen LogP) is 0.354. The first-order valence-corrected chi connectivity index (χ1v) is 4.54. The van der Waals surface area contributed by atoms with Gasteiger partial charge < -0.3 is 0 Å². The Hall–Kier alpha value is -1.70. The van der Waals surface area contributed by atoms with Crippen molar-refractivity contribution >= 4 is 12.8 Å². The van der Waals surface area contributed by atoms with Crippen molar-refractivity contribution in [3.8, 4) is 0 Å². The average molecular weight is 225 g/mol. The van der Waals surface area contributed by atoms with E-state index in [-0.39, 0.29) is 12.2 Å². The van der Waals surface area contributed by atoms with Crippen LogP contribution in [0, 0.1) is 10.1 Å². The molecule has 1 aliphatic rings. The maximum atomic E-state index is 11.1.